The molecular weight excluding hydrogens is 294 g/mol. The lowest BCUT2D eigenvalue weighted by atomic mass is 10.1. The number of aromatic nitrogens is 2. The Balaban J connectivity index is 1.74. The Morgan fingerprint density at radius 2 is 2.35 bits per heavy atom. The summed E-state index contributed by atoms with van der Waals surface area (Å²) in [5.41, 5.74) is 7.29. The molecule has 23 heavy (non-hydrogen) atoms. The van der Waals surface area contributed by atoms with E-state index in [1.165, 1.54) is 0 Å². The number of hydrogen-bond acceptors (Lipinski definition) is 6. The van der Waals surface area contributed by atoms with E-state index >= 15 is 0 Å². The molecule has 7 nitrogen and oxygen atoms in total. The first-order valence-electron chi connectivity index (χ1n) is 7.65. The Kier molecular flexibility index (Phi) is 4.68. The normalized spacial score (nSPS) is 18.5. The van der Waals surface area contributed by atoms with Crippen LogP contribution in [-0.2, 0) is 9.53 Å². The van der Waals surface area contributed by atoms with Crippen LogP contribution in [-0.4, -0.2) is 66.7 Å². The highest BCUT2D eigenvalue weighted by atomic mass is 16.5. The molecule has 0 aromatic carbocycles. The van der Waals surface area contributed by atoms with Gasteiger partial charge in [-0.1, -0.05) is 0 Å². The van der Waals surface area contributed by atoms with Gasteiger partial charge in [0.05, 0.1) is 24.8 Å². The summed E-state index contributed by atoms with van der Waals surface area (Å²) in [6, 6.07) is 3.93. The summed E-state index contributed by atoms with van der Waals surface area (Å²) >= 11 is 0. The minimum atomic E-state index is -0.327. The number of morpholine rings is 1. The molecule has 2 N–H and O–H groups in total. The lowest BCUT2D eigenvalue weighted by molar-refractivity contribution is -0.119. The maximum atomic E-state index is 11.0. The number of carbonyl (C=O) groups excluding carboxylic acids is 1. The molecule has 3 rings (SSSR count). The summed E-state index contributed by atoms with van der Waals surface area (Å²) in [5.74, 6) is -0.327. The zero-order chi connectivity index (χ0) is 16.2. The molecule has 0 aliphatic carbocycles. The number of nitrogens with zero attached hydrogens (tertiary/aromatic N) is 4. The Morgan fingerprint density at radius 1 is 1.48 bits per heavy atom. The highest BCUT2D eigenvalue weighted by Gasteiger charge is 2.23. The zero-order valence-electron chi connectivity index (χ0n) is 13.2. The second-order valence-electron chi connectivity index (χ2n) is 5.82. The Morgan fingerprint density at radius 3 is 3.17 bits per heavy atom. The predicted octanol–water partition coefficient (Wildman–Crippen LogP) is 0.252. The smallest absolute Gasteiger partial charge is 0.231 e. The first-order valence-corrected chi connectivity index (χ1v) is 7.65. The summed E-state index contributed by atoms with van der Waals surface area (Å²) < 4.78 is 5.83. The first-order chi connectivity index (χ1) is 11.1. The number of likely N-dealkylation sites (N-methyl/N-ethyl adjacent to an activating group) is 1. The summed E-state index contributed by atoms with van der Waals surface area (Å²) in [5, 5.41) is 1.04. The summed E-state index contributed by atoms with van der Waals surface area (Å²) in [6.07, 6.45) is 5.45. The number of primary amides is 1. The highest BCUT2D eigenvalue weighted by Crippen LogP contribution is 2.26. The zero-order valence-corrected chi connectivity index (χ0v) is 13.2. The van der Waals surface area contributed by atoms with Gasteiger partial charge in [-0.2, -0.15) is 0 Å². The molecule has 0 spiro atoms. The van der Waals surface area contributed by atoms with E-state index in [9.17, 15) is 4.79 Å². The van der Waals surface area contributed by atoms with Crippen molar-refractivity contribution in [1.29, 1.82) is 0 Å². The largest absolute Gasteiger partial charge is 0.373 e. The lowest BCUT2D eigenvalue weighted by Gasteiger charge is -2.36. The number of rotatable bonds is 5. The van der Waals surface area contributed by atoms with Crippen molar-refractivity contribution >= 4 is 22.5 Å². The van der Waals surface area contributed by atoms with Crippen molar-refractivity contribution in [3.05, 3.63) is 30.7 Å². The molecule has 1 amide bonds. The van der Waals surface area contributed by atoms with Gasteiger partial charge in [0.15, 0.2) is 0 Å². The molecule has 2 aromatic heterocycles. The van der Waals surface area contributed by atoms with E-state index < -0.39 is 0 Å². The van der Waals surface area contributed by atoms with Crippen molar-refractivity contribution in [3.63, 3.8) is 0 Å². The molecular formula is C16H21N5O2. The summed E-state index contributed by atoms with van der Waals surface area (Å²) in [4.78, 5) is 23.8. The van der Waals surface area contributed by atoms with Gasteiger partial charge in [-0.25, -0.2) is 0 Å². The molecule has 0 radical (unpaired) electrons. The van der Waals surface area contributed by atoms with Crippen LogP contribution in [0.1, 0.15) is 0 Å². The molecule has 7 heteroatoms. The Labute approximate surface area is 135 Å². The maximum absolute atomic E-state index is 11.0. The topological polar surface area (TPSA) is 84.6 Å². The molecule has 1 unspecified atom stereocenters. The molecule has 1 fully saturated rings. The fourth-order valence-electron chi connectivity index (χ4n) is 2.98. The number of anilines is 1. The van der Waals surface area contributed by atoms with Crippen molar-refractivity contribution in [2.45, 2.75) is 6.10 Å². The van der Waals surface area contributed by atoms with E-state index in [0.717, 1.165) is 29.7 Å². The molecule has 2 aromatic rings. The van der Waals surface area contributed by atoms with Crippen molar-refractivity contribution in [3.8, 4) is 0 Å². The van der Waals surface area contributed by atoms with Gasteiger partial charge in [-0.3, -0.25) is 19.7 Å². The van der Waals surface area contributed by atoms with Crippen LogP contribution in [0.15, 0.2) is 30.7 Å². The van der Waals surface area contributed by atoms with Gasteiger partial charge in [0.2, 0.25) is 5.91 Å². The quantitative estimate of drug-likeness (QED) is 0.851. The van der Waals surface area contributed by atoms with Gasteiger partial charge in [0.25, 0.3) is 0 Å². The molecule has 3 heterocycles. The summed E-state index contributed by atoms with van der Waals surface area (Å²) in [6.45, 7) is 3.14. The molecule has 0 saturated carbocycles. The Bertz CT molecular complexity index is 688. The van der Waals surface area contributed by atoms with Crippen molar-refractivity contribution in [2.75, 3.05) is 44.7 Å². The van der Waals surface area contributed by atoms with Crippen LogP contribution in [0, 0.1) is 0 Å². The average Bonchev–Trinajstić information content (AvgIpc) is 2.53. The first kappa shape index (κ1) is 15.6. The highest BCUT2D eigenvalue weighted by molar-refractivity contribution is 5.90. The van der Waals surface area contributed by atoms with Gasteiger partial charge in [0, 0.05) is 49.3 Å². The van der Waals surface area contributed by atoms with Gasteiger partial charge in [0.1, 0.15) is 0 Å². The van der Waals surface area contributed by atoms with E-state index in [0.29, 0.717) is 13.2 Å². The molecule has 1 aliphatic rings. The number of amides is 1. The van der Waals surface area contributed by atoms with Crippen LogP contribution in [0.25, 0.3) is 10.9 Å². The Hall–Kier alpha value is -2.25. The predicted molar refractivity (Wildman–Crippen MR) is 88.2 cm³/mol. The number of nitrogens with two attached hydrogens (primary N) is 1. The number of fused-ring (bicyclic) bond motifs is 1. The van der Waals surface area contributed by atoms with Gasteiger partial charge in [-0.15, -0.1) is 0 Å². The number of hydrogen-bond donors (Lipinski definition) is 1. The van der Waals surface area contributed by atoms with Crippen molar-refractivity contribution < 1.29 is 9.53 Å². The van der Waals surface area contributed by atoms with Crippen LogP contribution >= 0.6 is 0 Å². The third-order valence-electron chi connectivity index (χ3n) is 3.94. The van der Waals surface area contributed by atoms with Gasteiger partial charge >= 0.3 is 0 Å². The second-order valence-corrected chi connectivity index (χ2v) is 5.82. The monoisotopic (exact) mass is 315 g/mol. The third-order valence-corrected chi connectivity index (χ3v) is 3.94. The molecule has 1 aliphatic heterocycles. The average molecular weight is 315 g/mol. The number of ether oxygens (including phenoxy) is 1. The minimum Gasteiger partial charge on any atom is -0.373 e. The van der Waals surface area contributed by atoms with E-state index in [1.54, 1.807) is 6.20 Å². The molecule has 122 valence electrons. The molecule has 1 saturated heterocycles. The SMILES string of the molecule is CN(CC(N)=O)CC1CN(c2ccnc3ccncc23)CCO1. The lowest BCUT2D eigenvalue weighted by Crippen LogP contribution is -2.48. The fraction of sp³-hybridized carbons (Fsp3) is 0.438. The molecule has 1 atom stereocenters. The number of pyridine rings is 2. The standard InChI is InChI=1S/C16H21N5O2/c1-20(11-16(17)22)9-12-10-21(6-7-23-12)15-3-5-19-14-2-4-18-8-13(14)15/h2-5,8,12H,6-7,9-11H2,1H3,(H2,17,22). The van der Waals surface area contributed by atoms with Crippen molar-refractivity contribution in [2.24, 2.45) is 5.73 Å². The van der Waals surface area contributed by atoms with Crippen LogP contribution in [0.3, 0.4) is 0 Å². The fourth-order valence-corrected chi connectivity index (χ4v) is 2.98. The third kappa shape index (κ3) is 3.75. The summed E-state index contributed by atoms with van der Waals surface area (Å²) in [7, 11) is 1.87. The van der Waals surface area contributed by atoms with E-state index in [4.69, 9.17) is 10.5 Å². The van der Waals surface area contributed by atoms with E-state index in [1.807, 2.05) is 36.5 Å². The second kappa shape index (κ2) is 6.89. The van der Waals surface area contributed by atoms with Gasteiger partial charge in [-0.05, 0) is 19.2 Å². The van der Waals surface area contributed by atoms with Crippen LogP contribution < -0.4 is 10.6 Å². The van der Waals surface area contributed by atoms with Crippen LogP contribution in [0.4, 0.5) is 5.69 Å². The van der Waals surface area contributed by atoms with Gasteiger partial charge < -0.3 is 15.4 Å². The van der Waals surface area contributed by atoms with E-state index in [2.05, 4.69) is 14.9 Å². The van der Waals surface area contributed by atoms with Crippen molar-refractivity contribution in [1.82, 2.24) is 14.9 Å². The van der Waals surface area contributed by atoms with E-state index in [-0.39, 0.29) is 18.6 Å². The maximum Gasteiger partial charge on any atom is 0.231 e. The molecule has 0 bridgehead atoms. The van der Waals surface area contributed by atoms with Crippen LogP contribution in [0.2, 0.25) is 0 Å². The van der Waals surface area contributed by atoms with Crippen LogP contribution in [0.5, 0.6) is 0 Å². The number of carbonyl (C=O) groups is 1. The minimum absolute atomic E-state index is 0.0352.